The lowest BCUT2D eigenvalue weighted by atomic mass is 10.1. The molecule has 2 aromatic heterocycles. The zero-order valence-corrected chi connectivity index (χ0v) is 17.1. The lowest BCUT2D eigenvalue weighted by Gasteiger charge is -2.38. The Balaban J connectivity index is 1.50. The maximum Gasteiger partial charge on any atom is 0.279 e. The highest BCUT2D eigenvalue weighted by molar-refractivity contribution is 6.11. The van der Waals surface area contributed by atoms with Gasteiger partial charge in [0.15, 0.2) is 5.69 Å². The van der Waals surface area contributed by atoms with Crippen LogP contribution in [0.3, 0.4) is 0 Å². The number of likely N-dealkylation sites (N-methyl/N-ethyl adjacent to an activating group) is 1. The van der Waals surface area contributed by atoms with Gasteiger partial charge >= 0.3 is 0 Å². The van der Waals surface area contributed by atoms with Crippen molar-refractivity contribution in [2.75, 3.05) is 50.1 Å². The first kappa shape index (κ1) is 18.2. The van der Waals surface area contributed by atoms with Crippen molar-refractivity contribution in [3.8, 4) is 0 Å². The lowest BCUT2D eigenvalue weighted by molar-refractivity contribution is 0.0983. The van der Waals surface area contributed by atoms with Crippen LogP contribution < -0.4 is 9.80 Å². The van der Waals surface area contributed by atoms with Gasteiger partial charge in [0.05, 0.1) is 16.9 Å². The molecule has 0 atom stereocenters. The Bertz CT molecular complexity index is 1050. The average Bonchev–Trinajstić information content (AvgIpc) is 3.51. The minimum Gasteiger partial charge on any atom is -0.367 e. The molecule has 1 aliphatic heterocycles. The van der Waals surface area contributed by atoms with Crippen LogP contribution in [0, 0.1) is 0 Å². The molecule has 2 aliphatic rings. The fraction of sp³-hybridized carbons (Fsp3) is 0.391. The number of carbonyl (C=O) groups excluding carboxylic acids is 1. The van der Waals surface area contributed by atoms with Crippen LogP contribution in [0.5, 0.6) is 0 Å². The summed E-state index contributed by atoms with van der Waals surface area (Å²) in [6, 6.07) is 14.2. The van der Waals surface area contributed by atoms with Crippen molar-refractivity contribution < 1.29 is 4.79 Å². The molecule has 6 heteroatoms. The number of imidazole rings is 1. The minimum absolute atomic E-state index is 0.000287. The average molecular weight is 390 g/mol. The summed E-state index contributed by atoms with van der Waals surface area (Å²) in [6.45, 7) is 3.44. The van der Waals surface area contributed by atoms with Crippen LogP contribution in [-0.4, -0.2) is 60.5 Å². The summed E-state index contributed by atoms with van der Waals surface area (Å²) in [5.41, 5.74) is 3.59. The maximum absolute atomic E-state index is 13.6. The molecular formula is C23H27N5O. The molecule has 0 radical (unpaired) electrons. The van der Waals surface area contributed by atoms with E-state index in [-0.39, 0.29) is 5.91 Å². The monoisotopic (exact) mass is 389 g/mol. The Kier molecular flexibility index (Phi) is 4.51. The van der Waals surface area contributed by atoms with E-state index in [1.165, 1.54) is 0 Å². The van der Waals surface area contributed by atoms with Crippen LogP contribution in [0.4, 0.5) is 11.4 Å². The van der Waals surface area contributed by atoms with Crippen LogP contribution in [-0.2, 0) is 0 Å². The summed E-state index contributed by atoms with van der Waals surface area (Å²) in [5.74, 6) is 1.52. The number of rotatable bonds is 5. The highest BCUT2D eigenvalue weighted by Crippen LogP contribution is 2.40. The van der Waals surface area contributed by atoms with Crippen molar-refractivity contribution in [1.82, 2.24) is 14.3 Å². The van der Waals surface area contributed by atoms with E-state index in [9.17, 15) is 4.79 Å². The van der Waals surface area contributed by atoms with Crippen molar-refractivity contribution >= 4 is 22.8 Å². The van der Waals surface area contributed by atoms with E-state index >= 15 is 0 Å². The number of anilines is 2. The van der Waals surface area contributed by atoms with E-state index in [1.807, 2.05) is 41.4 Å². The molecule has 1 aromatic carbocycles. The number of hydrogen-bond donors (Lipinski definition) is 0. The summed E-state index contributed by atoms with van der Waals surface area (Å²) in [4.78, 5) is 24.9. The zero-order chi connectivity index (χ0) is 20.0. The van der Waals surface area contributed by atoms with Gasteiger partial charge in [0.2, 0.25) is 0 Å². The predicted octanol–water partition coefficient (Wildman–Crippen LogP) is 3.24. The summed E-state index contributed by atoms with van der Waals surface area (Å²) >= 11 is 0. The van der Waals surface area contributed by atoms with Crippen molar-refractivity contribution in [2.24, 2.45) is 0 Å². The van der Waals surface area contributed by atoms with Crippen LogP contribution >= 0.6 is 0 Å². The fourth-order valence-electron chi connectivity index (χ4n) is 4.16. The smallest absolute Gasteiger partial charge is 0.279 e. The normalized spacial score (nSPS) is 16.5. The molecule has 0 N–H and O–H groups in total. The van der Waals surface area contributed by atoms with E-state index < -0.39 is 0 Å². The molecule has 1 fully saturated rings. The van der Waals surface area contributed by atoms with Gasteiger partial charge in [0.25, 0.3) is 5.91 Å². The van der Waals surface area contributed by atoms with Gasteiger partial charge < -0.3 is 19.1 Å². The topological polar surface area (TPSA) is 44.1 Å². The van der Waals surface area contributed by atoms with Gasteiger partial charge in [-0.25, -0.2) is 4.98 Å². The number of para-hydroxylation sites is 2. The van der Waals surface area contributed by atoms with Gasteiger partial charge in [-0.05, 0) is 51.2 Å². The predicted molar refractivity (Wildman–Crippen MR) is 116 cm³/mol. The second-order valence-corrected chi connectivity index (χ2v) is 8.28. The third kappa shape index (κ3) is 3.27. The van der Waals surface area contributed by atoms with Crippen LogP contribution in [0.1, 0.15) is 35.1 Å². The number of benzene rings is 1. The molecule has 3 aromatic rings. The summed E-state index contributed by atoms with van der Waals surface area (Å²) in [5, 5.41) is 0. The lowest BCUT2D eigenvalue weighted by Crippen LogP contribution is -2.46. The van der Waals surface area contributed by atoms with E-state index in [1.54, 1.807) is 0 Å². The van der Waals surface area contributed by atoms with Crippen LogP contribution in [0.25, 0.3) is 5.52 Å². The number of hydrogen-bond acceptors (Lipinski definition) is 4. The first-order chi connectivity index (χ1) is 14.1. The molecule has 0 bridgehead atoms. The Morgan fingerprint density at radius 3 is 2.59 bits per heavy atom. The van der Waals surface area contributed by atoms with Crippen LogP contribution in [0.2, 0.25) is 0 Å². The quantitative estimate of drug-likeness (QED) is 0.672. The largest absolute Gasteiger partial charge is 0.367 e. The summed E-state index contributed by atoms with van der Waals surface area (Å²) < 4.78 is 2.10. The highest BCUT2D eigenvalue weighted by atomic mass is 16.2. The first-order valence-corrected chi connectivity index (χ1v) is 10.4. The molecule has 150 valence electrons. The molecule has 1 amide bonds. The first-order valence-electron chi connectivity index (χ1n) is 10.4. The third-order valence-electron chi connectivity index (χ3n) is 5.89. The van der Waals surface area contributed by atoms with Crippen molar-refractivity contribution in [2.45, 2.75) is 18.8 Å². The van der Waals surface area contributed by atoms with Gasteiger partial charge in [-0.2, -0.15) is 0 Å². The minimum atomic E-state index is 0.000287. The van der Waals surface area contributed by atoms with E-state index in [2.05, 4.69) is 40.4 Å². The molecule has 1 saturated carbocycles. The van der Waals surface area contributed by atoms with Crippen LogP contribution in [0.15, 0.2) is 48.7 Å². The molecule has 1 aliphatic carbocycles. The van der Waals surface area contributed by atoms with Crippen molar-refractivity contribution in [3.63, 3.8) is 0 Å². The Morgan fingerprint density at radius 1 is 1.07 bits per heavy atom. The van der Waals surface area contributed by atoms with Crippen molar-refractivity contribution in [3.05, 3.63) is 60.2 Å². The Morgan fingerprint density at radius 2 is 1.83 bits per heavy atom. The summed E-state index contributed by atoms with van der Waals surface area (Å²) in [6.07, 6.45) is 4.35. The molecule has 5 rings (SSSR count). The zero-order valence-electron chi connectivity index (χ0n) is 17.1. The van der Waals surface area contributed by atoms with Gasteiger partial charge in [0, 0.05) is 38.3 Å². The van der Waals surface area contributed by atoms with Crippen molar-refractivity contribution in [1.29, 1.82) is 0 Å². The second-order valence-electron chi connectivity index (χ2n) is 8.28. The van der Waals surface area contributed by atoms with Gasteiger partial charge in [-0.3, -0.25) is 4.79 Å². The maximum atomic E-state index is 13.6. The molecule has 6 nitrogen and oxygen atoms in total. The van der Waals surface area contributed by atoms with Gasteiger partial charge in [-0.1, -0.05) is 18.2 Å². The summed E-state index contributed by atoms with van der Waals surface area (Å²) in [7, 11) is 4.18. The number of carbonyl (C=O) groups is 1. The fourth-order valence-corrected chi connectivity index (χ4v) is 4.16. The molecule has 0 spiro atoms. The number of nitrogens with zero attached hydrogens (tertiary/aromatic N) is 5. The van der Waals surface area contributed by atoms with E-state index in [0.717, 1.165) is 55.2 Å². The van der Waals surface area contributed by atoms with E-state index in [0.29, 0.717) is 18.2 Å². The molecule has 0 saturated heterocycles. The third-order valence-corrected chi connectivity index (χ3v) is 5.89. The molecule has 0 unspecified atom stereocenters. The van der Waals surface area contributed by atoms with E-state index in [4.69, 9.17) is 4.98 Å². The second kappa shape index (κ2) is 7.19. The Labute approximate surface area is 171 Å². The molecular weight excluding hydrogens is 362 g/mol. The van der Waals surface area contributed by atoms with Gasteiger partial charge in [-0.15, -0.1) is 0 Å². The highest BCUT2D eigenvalue weighted by Gasteiger charge is 2.33. The molecule has 29 heavy (non-hydrogen) atoms. The van der Waals surface area contributed by atoms with Gasteiger partial charge in [0.1, 0.15) is 5.82 Å². The standard InChI is InChI=1S/C23H27N5O/c1-25(2)13-14-26-15-16-28(19-8-4-3-7-18(19)26)23(29)21-20-9-5-6-12-27(20)22(24-21)17-10-11-17/h3-9,12,17H,10-11,13-16H2,1-2H3. The number of fused-ring (bicyclic) bond motifs is 2. The number of aromatic nitrogens is 2. The SMILES string of the molecule is CN(C)CCN1CCN(C(=O)c2nc(C3CC3)n3ccccc23)c2ccccc21. The number of amides is 1. The molecule has 3 heterocycles. The Hall–Kier alpha value is -2.86. The number of pyridine rings is 1.